The van der Waals surface area contributed by atoms with Gasteiger partial charge in [0.15, 0.2) is 10.8 Å². The molecule has 0 saturated heterocycles. The largest absolute Gasteiger partial charge is 0.476 e. The molecular formula is C29H33N7O5S. The summed E-state index contributed by atoms with van der Waals surface area (Å²) in [6.07, 6.45) is 3.10. The SMILES string of the molecule is CC(C)(C)c1cc(NC(=O)Nc2ccc(-c3cn4c(n3)sc3nc(OCC5(NC[C@H](O)CO)CC5)ccc34)cc2)no1. The number of β-amino-alcohol motifs (C(OH)–C–C–N with tert-alkyl or cyclic N) is 1. The van der Waals surface area contributed by atoms with E-state index in [1.165, 1.54) is 11.3 Å². The van der Waals surface area contributed by atoms with Crippen molar-refractivity contribution >= 4 is 44.2 Å². The van der Waals surface area contributed by atoms with E-state index in [1.54, 1.807) is 6.07 Å². The lowest BCUT2D eigenvalue weighted by Gasteiger charge is -2.19. The molecule has 1 aliphatic carbocycles. The molecule has 0 bridgehead atoms. The van der Waals surface area contributed by atoms with Gasteiger partial charge in [0.2, 0.25) is 5.88 Å². The average Bonchev–Trinajstić information content (AvgIpc) is 3.23. The fraction of sp³-hybridized carbons (Fsp3) is 0.379. The van der Waals surface area contributed by atoms with Gasteiger partial charge in [0.05, 0.1) is 29.5 Å². The number of nitrogens with zero attached hydrogens (tertiary/aromatic N) is 4. The van der Waals surface area contributed by atoms with Crippen LogP contribution < -0.4 is 20.7 Å². The van der Waals surface area contributed by atoms with E-state index in [-0.39, 0.29) is 17.6 Å². The number of urea groups is 1. The highest BCUT2D eigenvalue weighted by atomic mass is 32.1. The number of pyridine rings is 1. The Morgan fingerprint density at radius 2 is 1.95 bits per heavy atom. The van der Waals surface area contributed by atoms with Crippen LogP contribution in [0.1, 0.15) is 39.4 Å². The van der Waals surface area contributed by atoms with Gasteiger partial charge >= 0.3 is 6.03 Å². The molecule has 2 amide bonds. The van der Waals surface area contributed by atoms with Crippen molar-refractivity contribution in [2.24, 2.45) is 0 Å². The first-order valence-corrected chi connectivity index (χ1v) is 14.5. The van der Waals surface area contributed by atoms with Crippen LogP contribution in [-0.4, -0.2) is 67.2 Å². The van der Waals surface area contributed by atoms with Crippen LogP contribution in [0, 0.1) is 0 Å². The number of aliphatic hydroxyl groups is 2. The first kappa shape index (κ1) is 28.1. The van der Waals surface area contributed by atoms with Crippen molar-refractivity contribution in [3.05, 3.63) is 54.4 Å². The number of imidazole rings is 1. The summed E-state index contributed by atoms with van der Waals surface area (Å²) in [6.45, 7) is 6.53. The molecule has 12 nitrogen and oxygen atoms in total. The van der Waals surface area contributed by atoms with Crippen molar-refractivity contribution in [3.8, 4) is 17.1 Å². The molecule has 0 spiro atoms. The van der Waals surface area contributed by atoms with Crippen molar-refractivity contribution in [2.75, 3.05) is 30.4 Å². The first-order chi connectivity index (χ1) is 20.1. The third kappa shape index (κ3) is 6.09. The predicted octanol–water partition coefficient (Wildman–Crippen LogP) is 4.39. The molecule has 13 heteroatoms. The first-order valence-electron chi connectivity index (χ1n) is 13.7. The standard InChI is InChI=1S/C29H33N7O5S/c1-28(2,3)22-12-23(35-41-22)33-26(39)31-18-6-4-17(5-7-18)20-14-36-21-8-9-24(34-25(21)42-27(36)32-20)40-16-29(10-11-29)30-13-19(38)15-37/h4-9,12,14,19,30,37-38H,10-11,13,15-16H2,1-3H3,(H2,31,33,35,39)/t19-/m0/s1. The fourth-order valence-electron chi connectivity index (χ4n) is 4.41. The van der Waals surface area contributed by atoms with Gasteiger partial charge in [-0.1, -0.05) is 49.4 Å². The second kappa shape index (κ2) is 11.0. The zero-order chi connectivity index (χ0) is 29.5. The normalized spacial score (nSPS) is 15.2. The van der Waals surface area contributed by atoms with E-state index >= 15 is 0 Å². The van der Waals surface area contributed by atoms with Gasteiger partial charge in [-0.3, -0.25) is 9.72 Å². The van der Waals surface area contributed by atoms with E-state index in [1.807, 2.05) is 67.8 Å². The molecule has 1 atom stereocenters. The highest BCUT2D eigenvalue weighted by Gasteiger charge is 2.43. The monoisotopic (exact) mass is 591 g/mol. The number of thiazole rings is 1. The second-order valence-corrected chi connectivity index (χ2v) is 12.6. The minimum atomic E-state index is -0.779. The Balaban J connectivity index is 1.08. The maximum atomic E-state index is 12.4. The number of fused-ring (bicyclic) bond motifs is 3. The second-order valence-electron chi connectivity index (χ2n) is 11.6. The summed E-state index contributed by atoms with van der Waals surface area (Å²) in [5.74, 6) is 1.58. The number of aliphatic hydroxyl groups excluding tert-OH is 2. The zero-order valence-electron chi connectivity index (χ0n) is 23.5. The van der Waals surface area contributed by atoms with Crippen LogP contribution in [0.4, 0.5) is 16.3 Å². The van der Waals surface area contributed by atoms with Gasteiger partial charge in [0.25, 0.3) is 0 Å². The smallest absolute Gasteiger partial charge is 0.324 e. The van der Waals surface area contributed by atoms with E-state index < -0.39 is 12.1 Å². The molecule has 5 N–H and O–H groups in total. The van der Waals surface area contributed by atoms with Gasteiger partial charge in [-0.05, 0) is 31.0 Å². The summed E-state index contributed by atoms with van der Waals surface area (Å²) in [7, 11) is 0. The Kier molecular flexibility index (Phi) is 7.35. The van der Waals surface area contributed by atoms with E-state index in [0.29, 0.717) is 36.3 Å². The van der Waals surface area contributed by atoms with Crippen LogP contribution in [0.25, 0.3) is 26.6 Å². The van der Waals surface area contributed by atoms with Crippen LogP contribution in [-0.2, 0) is 5.41 Å². The number of hydrogen-bond donors (Lipinski definition) is 5. The third-order valence-electron chi connectivity index (χ3n) is 7.14. The fourth-order valence-corrected chi connectivity index (χ4v) is 5.39. The average molecular weight is 592 g/mol. The van der Waals surface area contributed by atoms with Crippen LogP contribution >= 0.6 is 11.3 Å². The number of amides is 2. The van der Waals surface area contributed by atoms with Crippen molar-refractivity contribution < 1.29 is 24.3 Å². The zero-order valence-corrected chi connectivity index (χ0v) is 24.4. The molecule has 0 radical (unpaired) electrons. The van der Waals surface area contributed by atoms with Crippen LogP contribution in [0.2, 0.25) is 0 Å². The van der Waals surface area contributed by atoms with Crippen molar-refractivity contribution in [1.29, 1.82) is 0 Å². The minimum Gasteiger partial charge on any atom is -0.476 e. The third-order valence-corrected chi connectivity index (χ3v) is 8.10. The number of rotatable bonds is 10. The van der Waals surface area contributed by atoms with Crippen LogP contribution in [0.5, 0.6) is 5.88 Å². The van der Waals surface area contributed by atoms with Gasteiger partial charge in [-0.15, -0.1) is 0 Å². The number of aromatic nitrogens is 4. The Bertz CT molecular complexity index is 1720. The molecule has 1 aromatic carbocycles. The molecule has 6 rings (SSSR count). The molecule has 1 saturated carbocycles. The number of carbonyl (C=O) groups excluding carboxylic acids is 1. The maximum Gasteiger partial charge on any atom is 0.324 e. The highest BCUT2D eigenvalue weighted by molar-refractivity contribution is 7.23. The molecule has 4 aromatic heterocycles. The Morgan fingerprint density at radius 1 is 1.17 bits per heavy atom. The molecule has 4 heterocycles. The molecule has 5 aromatic rings. The van der Waals surface area contributed by atoms with Gasteiger partial charge in [0, 0.05) is 41.5 Å². The summed E-state index contributed by atoms with van der Waals surface area (Å²) in [6, 6.07) is 12.6. The number of carbonyl (C=O) groups is 1. The van der Waals surface area contributed by atoms with Gasteiger partial charge < -0.3 is 30.1 Å². The minimum absolute atomic E-state index is 0.173. The van der Waals surface area contributed by atoms with Crippen molar-refractivity contribution in [3.63, 3.8) is 0 Å². The Hall–Kier alpha value is -4.04. The summed E-state index contributed by atoms with van der Waals surface area (Å²) in [5.41, 5.74) is 2.91. The quantitative estimate of drug-likeness (QED) is 0.159. The number of benzene rings is 1. The van der Waals surface area contributed by atoms with E-state index in [4.69, 9.17) is 19.4 Å². The maximum absolute atomic E-state index is 12.4. The lowest BCUT2D eigenvalue weighted by atomic mass is 9.93. The molecule has 1 fully saturated rings. The van der Waals surface area contributed by atoms with E-state index in [0.717, 1.165) is 39.4 Å². The summed E-state index contributed by atoms with van der Waals surface area (Å²) < 4.78 is 13.3. The molecule has 42 heavy (non-hydrogen) atoms. The molecule has 0 unspecified atom stereocenters. The molecular weight excluding hydrogens is 558 g/mol. The molecule has 1 aliphatic rings. The van der Waals surface area contributed by atoms with Crippen LogP contribution in [0.15, 0.2) is 53.2 Å². The summed E-state index contributed by atoms with van der Waals surface area (Å²) >= 11 is 1.48. The number of hydrogen-bond acceptors (Lipinski definition) is 10. The Morgan fingerprint density at radius 3 is 2.64 bits per heavy atom. The van der Waals surface area contributed by atoms with Gasteiger partial charge in [-0.25, -0.2) is 14.8 Å². The number of anilines is 2. The molecule has 220 valence electrons. The summed E-state index contributed by atoms with van der Waals surface area (Å²) in [5, 5.41) is 31.3. The lowest BCUT2D eigenvalue weighted by Crippen LogP contribution is -2.42. The van der Waals surface area contributed by atoms with Crippen molar-refractivity contribution in [1.82, 2.24) is 24.8 Å². The Labute approximate surface area is 245 Å². The summed E-state index contributed by atoms with van der Waals surface area (Å²) in [4.78, 5) is 23.5. The number of ether oxygens (including phenoxy) is 1. The number of nitrogens with one attached hydrogen (secondary N) is 3. The molecule has 0 aliphatic heterocycles. The van der Waals surface area contributed by atoms with Crippen molar-refractivity contribution in [2.45, 2.75) is 50.7 Å². The highest BCUT2D eigenvalue weighted by Crippen LogP contribution is 2.36. The van der Waals surface area contributed by atoms with Gasteiger partial charge in [-0.2, -0.15) is 0 Å². The van der Waals surface area contributed by atoms with Gasteiger partial charge in [0.1, 0.15) is 17.2 Å². The van der Waals surface area contributed by atoms with Crippen LogP contribution in [0.3, 0.4) is 0 Å². The topological polar surface area (TPSA) is 159 Å². The lowest BCUT2D eigenvalue weighted by molar-refractivity contribution is 0.0879. The predicted molar refractivity (Wildman–Crippen MR) is 160 cm³/mol. The van der Waals surface area contributed by atoms with E-state index in [9.17, 15) is 9.90 Å². The van der Waals surface area contributed by atoms with E-state index in [2.05, 4.69) is 26.1 Å².